The number of carbonyl (C=O) groups excluding carboxylic acids is 1. The molecule has 0 aliphatic carbocycles. The topological polar surface area (TPSA) is 62.7 Å². The molecule has 1 aromatic heterocycles. The zero-order valence-electron chi connectivity index (χ0n) is 13.1. The number of hydrogen-bond acceptors (Lipinski definition) is 4. The van der Waals surface area contributed by atoms with E-state index in [0.717, 1.165) is 31.9 Å². The van der Waals surface area contributed by atoms with Crippen LogP contribution in [0.4, 0.5) is 0 Å². The van der Waals surface area contributed by atoms with Crippen LogP contribution in [0.3, 0.4) is 0 Å². The normalized spacial score (nSPS) is 11.3. The Morgan fingerprint density at radius 1 is 1.38 bits per heavy atom. The zero-order valence-corrected chi connectivity index (χ0v) is 13.9. The number of esters is 1. The summed E-state index contributed by atoms with van der Waals surface area (Å²) in [6.07, 6.45) is 2.21. The molecule has 0 saturated carbocycles. The van der Waals surface area contributed by atoms with E-state index in [2.05, 4.69) is 38.7 Å². The molecule has 1 rings (SSSR count). The van der Waals surface area contributed by atoms with E-state index in [-0.39, 0.29) is 5.97 Å². The highest BCUT2D eigenvalue weighted by molar-refractivity contribution is 7.10. The molecule has 0 aromatic carbocycles. The zero-order chi connectivity index (χ0) is 15.5. The summed E-state index contributed by atoms with van der Waals surface area (Å²) < 4.78 is 4.61. The summed E-state index contributed by atoms with van der Waals surface area (Å²) in [5.74, 6) is 0.673. The van der Waals surface area contributed by atoms with Crippen molar-refractivity contribution in [3.63, 3.8) is 0 Å². The molecule has 0 aliphatic heterocycles. The van der Waals surface area contributed by atoms with Crippen LogP contribution in [0.5, 0.6) is 0 Å². The van der Waals surface area contributed by atoms with Gasteiger partial charge in [-0.1, -0.05) is 0 Å². The molecule has 118 valence electrons. The van der Waals surface area contributed by atoms with Crippen molar-refractivity contribution in [2.24, 2.45) is 4.99 Å². The van der Waals surface area contributed by atoms with E-state index in [9.17, 15) is 4.79 Å². The van der Waals surface area contributed by atoms with Crippen molar-refractivity contribution in [2.75, 3.05) is 20.2 Å². The van der Waals surface area contributed by atoms with Gasteiger partial charge in [-0.3, -0.25) is 4.79 Å². The number of aryl methyl sites for hydroxylation is 1. The Morgan fingerprint density at radius 2 is 2.19 bits per heavy atom. The highest BCUT2D eigenvalue weighted by Gasteiger charge is 2.02. The van der Waals surface area contributed by atoms with E-state index in [0.29, 0.717) is 13.0 Å². The molecular weight excluding hydrogens is 286 g/mol. The minimum Gasteiger partial charge on any atom is -0.469 e. The molecule has 0 aliphatic rings. The number of rotatable bonds is 8. The van der Waals surface area contributed by atoms with Crippen LogP contribution >= 0.6 is 11.3 Å². The number of aliphatic imine (C=N–C) groups is 1. The lowest BCUT2D eigenvalue weighted by Gasteiger charge is -2.11. The molecule has 21 heavy (non-hydrogen) atoms. The Hall–Kier alpha value is -1.56. The molecule has 0 radical (unpaired) electrons. The SMILES string of the molecule is CCNC(=NCc1sccc1C)NCCCCC(=O)OC. The van der Waals surface area contributed by atoms with Crippen LogP contribution < -0.4 is 10.6 Å². The van der Waals surface area contributed by atoms with E-state index >= 15 is 0 Å². The van der Waals surface area contributed by atoms with Crippen molar-refractivity contribution >= 4 is 23.3 Å². The minimum atomic E-state index is -0.149. The number of guanidine groups is 1. The lowest BCUT2D eigenvalue weighted by molar-refractivity contribution is -0.140. The largest absolute Gasteiger partial charge is 0.469 e. The molecule has 0 saturated heterocycles. The van der Waals surface area contributed by atoms with Crippen LogP contribution in [0.25, 0.3) is 0 Å². The number of carbonyl (C=O) groups is 1. The first-order chi connectivity index (χ1) is 10.2. The van der Waals surface area contributed by atoms with E-state index < -0.39 is 0 Å². The number of nitrogens with one attached hydrogen (secondary N) is 2. The van der Waals surface area contributed by atoms with Gasteiger partial charge in [0, 0.05) is 24.4 Å². The second-order valence-electron chi connectivity index (χ2n) is 4.68. The minimum absolute atomic E-state index is 0.149. The molecule has 0 amide bonds. The third kappa shape index (κ3) is 7.13. The first-order valence-corrected chi connectivity index (χ1v) is 8.17. The summed E-state index contributed by atoms with van der Waals surface area (Å²) in [4.78, 5) is 16.9. The van der Waals surface area contributed by atoms with Crippen LogP contribution in [-0.4, -0.2) is 32.1 Å². The summed E-state index contributed by atoms with van der Waals surface area (Å²) in [6, 6.07) is 2.11. The van der Waals surface area contributed by atoms with Crippen LogP contribution in [0.15, 0.2) is 16.4 Å². The average molecular weight is 311 g/mol. The lowest BCUT2D eigenvalue weighted by atomic mass is 10.2. The predicted molar refractivity (Wildman–Crippen MR) is 87.7 cm³/mol. The summed E-state index contributed by atoms with van der Waals surface area (Å²) >= 11 is 1.73. The average Bonchev–Trinajstić information content (AvgIpc) is 2.89. The van der Waals surface area contributed by atoms with Gasteiger partial charge in [-0.25, -0.2) is 4.99 Å². The summed E-state index contributed by atoms with van der Waals surface area (Å²) in [7, 11) is 1.42. The van der Waals surface area contributed by atoms with Gasteiger partial charge in [0.05, 0.1) is 13.7 Å². The van der Waals surface area contributed by atoms with Gasteiger partial charge in [-0.15, -0.1) is 11.3 Å². The highest BCUT2D eigenvalue weighted by atomic mass is 32.1. The van der Waals surface area contributed by atoms with Crippen molar-refractivity contribution in [3.8, 4) is 0 Å². The third-order valence-electron chi connectivity index (χ3n) is 3.02. The van der Waals surface area contributed by atoms with Crippen LogP contribution in [0.2, 0.25) is 0 Å². The van der Waals surface area contributed by atoms with Crippen LogP contribution in [0, 0.1) is 6.92 Å². The van der Waals surface area contributed by atoms with Gasteiger partial charge in [0.15, 0.2) is 5.96 Å². The van der Waals surface area contributed by atoms with E-state index in [4.69, 9.17) is 0 Å². The molecule has 0 unspecified atom stereocenters. The quantitative estimate of drug-likeness (QED) is 0.335. The standard InChI is InChI=1S/C15H25N3O2S/c1-4-16-15(17-9-6-5-7-14(19)20-3)18-11-13-12(2)8-10-21-13/h8,10H,4-7,9,11H2,1-3H3,(H2,16,17,18). The van der Waals surface area contributed by atoms with Gasteiger partial charge in [0.2, 0.25) is 0 Å². The second-order valence-corrected chi connectivity index (χ2v) is 5.68. The number of methoxy groups -OCH3 is 1. The Morgan fingerprint density at radius 3 is 2.81 bits per heavy atom. The maximum absolute atomic E-state index is 11.0. The molecule has 0 fully saturated rings. The molecule has 1 heterocycles. The van der Waals surface area contributed by atoms with Crippen molar-refractivity contribution in [1.29, 1.82) is 0 Å². The number of ether oxygens (including phenoxy) is 1. The summed E-state index contributed by atoms with van der Waals surface area (Å²) in [5.41, 5.74) is 1.29. The van der Waals surface area contributed by atoms with Gasteiger partial charge in [-0.2, -0.15) is 0 Å². The number of thiophene rings is 1. The second kappa shape index (κ2) is 10.2. The van der Waals surface area contributed by atoms with Crippen LogP contribution in [-0.2, 0) is 16.1 Å². The van der Waals surface area contributed by atoms with E-state index in [1.54, 1.807) is 11.3 Å². The third-order valence-corrected chi connectivity index (χ3v) is 4.03. The van der Waals surface area contributed by atoms with Gasteiger partial charge >= 0.3 is 5.97 Å². The summed E-state index contributed by atoms with van der Waals surface area (Å²) in [5, 5.41) is 8.60. The Balaban J connectivity index is 2.32. The van der Waals surface area contributed by atoms with Crippen molar-refractivity contribution < 1.29 is 9.53 Å². The molecule has 5 nitrogen and oxygen atoms in total. The van der Waals surface area contributed by atoms with Gasteiger partial charge in [0.25, 0.3) is 0 Å². The molecule has 0 atom stereocenters. The lowest BCUT2D eigenvalue weighted by Crippen LogP contribution is -2.37. The number of hydrogen-bond donors (Lipinski definition) is 2. The van der Waals surface area contributed by atoms with Crippen LogP contribution in [0.1, 0.15) is 36.6 Å². The smallest absolute Gasteiger partial charge is 0.305 e. The Labute approximate surface area is 130 Å². The van der Waals surface area contributed by atoms with Gasteiger partial charge < -0.3 is 15.4 Å². The van der Waals surface area contributed by atoms with Crippen molar-refractivity contribution in [1.82, 2.24) is 10.6 Å². The predicted octanol–water partition coefficient (Wildman–Crippen LogP) is 2.45. The monoisotopic (exact) mass is 311 g/mol. The van der Waals surface area contributed by atoms with Gasteiger partial charge in [0.1, 0.15) is 0 Å². The Bertz CT molecular complexity index is 458. The fourth-order valence-corrected chi connectivity index (χ4v) is 2.59. The maximum atomic E-state index is 11.0. The molecular formula is C15H25N3O2S. The van der Waals surface area contributed by atoms with Gasteiger partial charge in [-0.05, 0) is 43.7 Å². The first kappa shape index (κ1) is 17.5. The molecule has 1 aromatic rings. The fraction of sp³-hybridized carbons (Fsp3) is 0.600. The molecule has 6 heteroatoms. The molecule has 0 spiro atoms. The molecule has 2 N–H and O–H groups in total. The first-order valence-electron chi connectivity index (χ1n) is 7.29. The van der Waals surface area contributed by atoms with E-state index in [1.807, 2.05) is 6.92 Å². The van der Waals surface area contributed by atoms with Crippen molar-refractivity contribution in [2.45, 2.75) is 39.7 Å². The highest BCUT2D eigenvalue weighted by Crippen LogP contribution is 2.16. The van der Waals surface area contributed by atoms with E-state index in [1.165, 1.54) is 17.6 Å². The Kier molecular flexibility index (Phi) is 8.50. The number of unbranched alkanes of at least 4 members (excludes halogenated alkanes) is 1. The summed E-state index contributed by atoms with van der Waals surface area (Å²) in [6.45, 7) is 6.48. The van der Waals surface area contributed by atoms with Crippen molar-refractivity contribution in [3.05, 3.63) is 21.9 Å². The number of nitrogens with zero attached hydrogens (tertiary/aromatic N) is 1. The molecule has 0 bridgehead atoms. The fourth-order valence-electron chi connectivity index (χ4n) is 1.76. The maximum Gasteiger partial charge on any atom is 0.305 e.